The van der Waals surface area contributed by atoms with Gasteiger partial charge in [-0.15, -0.1) is 0 Å². The van der Waals surface area contributed by atoms with E-state index in [1.54, 1.807) is 7.05 Å². The van der Waals surface area contributed by atoms with E-state index in [-0.39, 0.29) is 17.5 Å². The quantitative estimate of drug-likeness (QED) is 0.763. The number of rotatable bonds is 3. The average molecular weight is 423 g/mol. The summed E-state index contributed by atoms with van der Waals surface area (Å²) in [5.74, 6) is -4.57. The molecule has 1 aliphatic heterocycles. The molecule has 1 saturated heterocycles. The van der Waals surface area contributed by atoms with Gasteiger partial charge in [0.05, 0.1) is 5.69 Å². The Kier molecular flexibility index (Phi) is 5.09. The monoisotopic (exact) mass is 422 g/mol. The number of nitrogens with zero attached hydrogens (tertiary/aromatic N) is 1. The van der Waals surface area contributed by atoms with E-state index in [9.17, 15) is 18.4 Å². The molecular weight excluding hydrogens is 406 g/mol. The lowest BCUT2D eigenvalue weighted by Crippen LogP contribution is -2.33. The average Bonchev–Trinajstić information content (AvgIpc) is 2.86. The smallest absolute Gasteiger partial charge is 0.237 e. The molecule has 2 aromatic carbocycles. The van der Waals surface area contributed by atoms with Gasteiger partial charge in [0, 0.05) is 24.0 Å². The van der Waals surface area contributed by atoms with Crippen molar-refractivity contribution in [3.8, 4) is 0 Å². The van der Waals surface area contributed by atoms with Gasteiger partial charge < -0.3 is 10.2 Å². The van der Waals surface area contributed by atoms with Crippen molar-refractivity contribution in [2.75, 3.05) is 18.9 Å². The Morgan fingerprint density at radius 1 is 1.27 bits per heavy atom. The summed E-state index contributed by atoms with van der Waals surface area (Å²) in [5.41, 5.74) is 1.56. The minimum Gasteiger partial charge on any atom is -0.344 e. The first-order chi connectivity index (χ1) is 12.3. The van der Waals surface area contributed by atoms with Crippen molar-refractivity contribution in [1.29, 1.82) is 0 Å². The number of hydrogen-bond acceptors (Lipinski definition) is 2. The molecule has 0 unspecified atom stereocenters. The van der Waals surface area contributed by atoms with Gasteiger partial charge in [0.25, 0.3) is 0 Å². The largest absolute Gasteiger partial charge is 0.344 e. The number of likely N-dealkylation sites (tertiary alicyclic amines) is 1. The Bertz CT molecular complexity index is 868. The molecular formula is C19H17BrF2N2O2. The Balaban J connectivity index is 1.93. The van der Waals surface area contributed by atoms with Crippen LogP contribution in [0.1, 0.15) is 17.0 Å². The highest BCUT2D eigenvalue weighted by molar-refractivity contribution is 9.10. The summed E-state index contributed by atoms with van der Waals surface area (Å²) in [6, 6.07) is 9.25. The molecule has 1 fully saturated rings. The van der Waals surface area contributed by atoms with Crippen LogP contribution >= 0.6 is 15.9 Å². The van der Waals surface area contributed by atoms with Gasteiger partial charge in [0.15, 0.2) is 11.6 Å². The molecule has 0 aromatic heterocycles. The predicted molar refractivity (Wildman–Crippen MR) is 97.7 cm³/mol. The third-order valence-corrected chi connectivity index (χ3v) is 4.96. The SMILES string of the molecule is Cc1cc(Br)cc([C@@H]2CN(C)C(=O)[C@H]2C(=O)Nc2cccc(F)c2F)c1. The van der Waals surface area contributed by atoms with Crippen LogP contribution in [0.25, 0.3) is 0 Å². The predicted octanol–water partition coefficient (Wildman–Crippen LogP) is 3.85. The summed E-state index contributed by atoms with van der Waals surface area (Å²) in [7, 11) is 1.62. The fraction of sp³-hybridized carbons (Fsp3) is 0.263. The molecule has 1 N–H and O–H groups in total. The van der Waals surface area contributed by atoms with E-state index < -0.39 is 23.5 Å². The Morgan fingerprint density at radius 2 is 2.00 bits per heavy atom. The summed E-state index contributed by atoms with van der Waals surface area (Å²) in [6.07, 6.45) is 0. The van der Waals surface area contributed by atoms with Crippen LogP contribution in [0.5, 0.6) is 0 Å². The fourth-order valence-corrected chi connectivity index (χ4v) is 3.91. The van der Waals surface area contributed by atoms with Crippen LogP contribution < -0.4 is 5.32 Å². The topological polar surface area (TPSA) is 49.4 Å². The lowest BCUT2D eigenvalue weighted by Gasteiger charge is -2.18. The molecule has 2 atom stereocenters. The third kappa shape index (κ3) is 3.49. The van der Waals surface area contributed by atoms with Crippen LogP contribution in [0, 0.1) is 24.5 Å². The van der Waals surface area contributed by atoms with Gasteiger partial charge in [0.2, 0.25) is 11.8 Å². The van der Waals surface area contributed by atoms with Crippen LogP contribution in [0.15, 0.2) is 40.9 Å². The number of anilines is 1. The number of nitrogens with one attached hydrogen (secondary N) is 1. The molecule has 26 heavy (non-hydrogen) atoms. The second-order valence-electron chi connectivity index (χ2n) is 6.46. The van der Waals surface area contributed by atoms with Crippen molar-refractivity contribution in [3.05, 3.63) is 63.6 Å². The van der Waals surface area contributed by atoms with Crippen LogP contribution in [0.2, 0.25) is 0 Å². The molecule has 136 valence electrons. The first-order valence-corrected chi connectivity index (χ1v) is 8.84. The standard InChI is InChI=1S/C19H17BrF2N2O2/c1-10-6-11(8-12(20)7-10)13-9-24(2)19(26)16(13)18(25)23-15-5-3-4-14(21)17(15)22/h3-8,13,16H,9H2,1-2H3,(H,23,25)/t13-,16+/m0/s1. The number of hydrogen-bond donors (Lipinski definition) is 1. The number of benzene rings is 2. The van der Waals surface area contributed by atoms with Gasteiger partial charge in [-0.25, -0.2) is 8.78 Å². The minimum absolute atomic E-state index is 0.276. The second kappa shape index (κ2) is 7.15. The van der Waals surface area contributed by atoms with E-state index in [0.717, 1.165) is 21.7 Å². The van der Waals surface area contributed by atoms with Crippen molar-refractivity contribution in [2.45, 2.75) is 12.8 Å². The third-order valence-electron chi connectivity index (χ3n) is 4.50. The van der Waals surface area contributed by atoms with Gasteiger partial charge in [0.1, 0.15) is 5.92 Å². The molecule has 3 rings (SSSR count). The first-order valence-electron chi connectivity index (χ1n) is 8.05. The molecule has 1 aliphatic rings. The summed E-state index contributed by atoms with van der Waals surface area (Å²) < 4.78 is 28.1. The number of carbonyl (C=O) groups excluding carboxylic acids is 2. The number of likely N-dealkylation sites (N-methyl/N-ethyl adjacent to an activating group) is 1. The van der Waals surface area contributed by atoms with Gasteiger partial charge in [-0.2, -0.15) is 0 Å². The molecule has 0 aliphatic carbocycles. The lowest BCUT2D eigenvalue weighted by molar-refractivity contribution is -0.135. The number of aryl methyl sites for hydroxylation is 1. The van der Waals surface area contributed by atoms with E-state index in [4.69, 9.17) is 0 Å². The zero-order valence-corrected chi connectivity index (χ0v) is 15.8. The Morgan fingerprint density at radius 3 is 2.69 bits per heavy atom. The number of halogens is 3. The molecule has 0 spiro atoms. The minimum atomic E-state index is -1.14. The van der Waals surface area contributed by atoms with Gasteiger partial charge in [-0.3, -0.25) is 9.59 Å². The highest BCUT2D eigenvalue weighted by Gasteiger charge is 2.44. The fourth-order valence-electron chi connectivity index (χ4n) is 3.28. The van der Waals surface area contributed by atoms with Crippen molar-refractivity contribution in [3.63, 3.8) is 0 Å². The van der Waals surface area contributed by atoms with Crippen molar-refractivity contribution >= 4 is 33.4 Å². The zero-order chi connectivity index (χ0) is 19.0. The van der Waals surface area contributed by atoms with Gasteiger partial charge in [-0.1, -0.05) is 28.1 Å². The lowest BCUT2D eigenvalue weighted by atomic mass is 9.87. The molecule has 0 bridgehead atoms. The molecule has 4 nitrogen and oxygen atoms in total. The van der Waals surface area contributed by atoms with E-state index in [2.05, 4.69) is 21.2 Å². The van der Waals surface area contributed by atoms with E-state index in [0.29, 0.717) is 6.54 Å². The highest BCUT2D eigenvalue weighted by Crippen LogP contribution is 2.35. The zero-order valence-electron chi connectivity index (χ0n) is 14.2. The molecule has 2 amide bonds. The number of amides is 2. The highest BCUT2D eigenvalue weighted by atomic mass is 79.9. The Labute approximate surface area is 158 Å². The number of carbonyl (C=O) groups is 2. The van der Waals surface area contributed by atoms with E-state index >= 15 is 0 Å². The van der Waals surface area contributed by atoms with Crippen LogP contribution in [0.3, 0.4) is 0 Å². The van der Waals surface area contributed by atoms with E-state index in [1.165, 1.54) is 17.0 Å². The van der Waals surface area contributed by atoms with Crippen LogP contribution in [-0.2, 0) is 9.59 Å². The molecule has 0 radical (unpaired) electrons. The van der Waals surface area contributed by atoms with E-state index in [1.807, 2.05) is 25.1 Å². The molecule has 7 heteroatoms. The van der Waals surface area contributed by atoms with Crippen molar-refractivity contribution < 1.29 is 18.4 Å². The maximum atomic E-state index is 13.9. The summed E-state index contributed by atoms with van der Waals surface area (Å²) in [4.78, 5) is 26.7. The summed E-state index contributed by atoms with van der Waals surface area (Å²) in [6.45, 7) is 2.30. The van der Waals surface area contributed by atoms with Gasteiger partial charge >= 0.3 is 0 Å². The van der Waals surface area contributed by atoms with Gasteiger partial charge in [-0.05, 0) is 42.3 Å². The second-order valence-corrected chi connectivity index (χ2v) is 7.37. The molecule has 1 heterocycles. The molecule has 2 aromatic rings. The summed E-state index contributed by atoms with van der Waals surface area (Å²) >= 11 is 3.43. The molecule has 0 saturated carbocycles. The first kappa shape index (κ1) is 18.5. The van der Waals surface area contributed by atoms with Crippen LogP contribution in [0.4, 0.5) is 14.5 Å². The summed E-state index contributed by atoms with van der Waals surface area (Å²) in [5, 5.41) is 2.36. The Hall–Kier alpha value is -2.28. The maximum Gasteiger partial charge on any atom is 0.237 e. The maximum absolute atomic E-state index is 13.9. The van der Waals surface area contributed by atoms with Crippen molar-refractivity contribution in [1.82, 2.24) is 4.90 Å². The van der Waals surface area contributed by atoms with Crippen molar-refractivity contribution in [2.24, 2.45) is 5.92 Å². The van der Waals surface area contributed by atoms with Crippen LogP contribution in [-0.4, -0.2) is 30.3 Å². The normalized spacial score (nSPS) is 19.7.